The van der Waals surface area contributed by atoms with E-state index in [-0.39, 0.29) is 18.0 Å². The van der Waals surface area contributed by atoms with E-state index < -0.39 is 0 Å². The van der Waals surface area contributed by atoms with Crippen molar-refractivity contribution in [3.63, 3.8) is 0 Å². The van der Waals surface area contributed by atoms with Crippen molar-refractivity contribution >= 4 is 5.78 Å². The van der Waals surface area contributed by atoms with Gasteiger partial charge in [0.25, 0.3) is 0 Å². The van der Waals surface area contributed by atoms with Crippen molar-refractivity contribution in [2.24, 2.45) is 0 Å². The number of hydrogen-bond acceptors (Lipinski definition) is 1. The number of carbonyl (C=O) groups is 1. The molecule has 0 saturated heterocycles. The van der Waals surface area contributed by atoms with E-state index in [0.717, 1.165) is 6.42 Å². The lowest BCUT2D eigenvalue weighted by molar-refractivity contribution is 0.0991. The highest BCUT2D eigenvalue weighted by Crippen LogP contribution is 2.15. The molecule has 0 bridgehead atoms. The molecule has 2 aromatic rings. The summed E-state index contributed by atoms with van der Waals surface area (Å²) in [7, 11) is 0. The smallest absolute Gasteiger partial charge is 0.167 e. The van der Waals surface area contributed by atoms with Crippen LogP contribution in [0.3, 0.4) is 0 Å². The molecule has 0 N–H and O–H groups in total. The average molecular weight is 256 g/mol. The second-order valence-corrected chi connectivity index (χ2v) is 4.69. The molecule has 0 amide bonds. The number of Topliss-reactive ketones (excluding diaryl/α,β-unsaturated/α-hetero) is 1. The zero-order valence-electron chi connectivity index (χ0n) is 11.2. The van der Waals surface area contributed by atoms with Gasteiger partial charge in [-0.1, -0.05) is 37.3 Å². The van der Waals surface area contributed by atoms with Crippen LogP contribution in [0, 0.1) is 12.7 Å². The molecule has 0 atom stereocenters. The Bertz CT molecular complexity index is 602. The molecule has 2 heteroatoms. The summed E-state index contributed by atoms with van der Waals surface area (Å²) in [6.07, 6.45) is 1.01. The van der Waals surface area contributed by atoms with Crippen molar-refractivity contribution in [1.29, 1.82) is 0 Å². The van der Waals surface area contributed by atoms with Crippen LogP contribution in [0.2, 0.25) is 0 Å². The van der Waals surface area contributed by atoms with Crippen LogP contribution in [0.15, 0.2) is 42.5 Å². The summed E-state index contributed by atoms with van der Waals surface area (Å²) in [5, 5.41) is 0. The van der Waals surface area contributed by atoms with Crippen LogP contribution in [0.1, 0.15) is 34.0 Å². The van der Waals surface area contributed by atoms with Crippen LogP contribution in [0.5, 0.6) is 0 Å². The van der Waals surface area contributed by atoms with Crippen LogP contribution in [0.4, 0.5) is 4.39 Å². The molecule has 0 unspecified atom stereocenters. The third kappa shape index (κ3) is 3.08. The molecule has 1 nitrogen and oxygen atoms in total. The maximum absolute atomic E-state index is 13.5. The molecule has 0 aliphatic carbocycles. The molecule has 0 aromatic heterocycles. The second-order valence-electron chi connectivity index (χ2n) is 4.69. The number of benzene rings is 2. The lowest BCUT2D eigenvalue weighted by Gasteiger charge is -2.07. The molecule has 0 spiro atoms. The van der Waals surface area contributed by atoms with E-state index >= 15 is 0 Å². The van der Waals surface area contributed by atoms with Crippen molar-refractivity contribution in [3.05, 3.63) is 70.5 Å². The summed E-state index contributed by atoms with van der Waals surface area (Å²) in [4.78, 5) is 12.2. The second kappa shape index (κ2) is 5.79. The molecule has 0 saturated carbocycles. The molecule has 0 radical (unpaired) electrons. The highest BCUT2D eigenvalue weighted by molar-refractivity contribution is 5.97. The fraction of sp³-hybridized carbons (Fsp3) is 0.235. The van der Waals surface area contributed by atoms with Crippen LogP contribution in [-0.2, 0) is 12.8 Å². The van der Waals surface area contributed by atoms with E-state index in [1.807, 2.05) is 25.1 Å². The summed E-state index contributed by atoms with van der Waals surface area (Å²) in [5.74, 6) is -0.363. The Kier molecular flexibility index (Phi) is 4.10. The van der Waals surface area contributed by atoms with E-state index in [0.29, 0.717) is 11.1 Å². The van der Waals surface area contributed by atoms with E-state index in [9.17, 15) is 9.18 Å². The van der Waals surface area contributed by atoms with Crippen molar-refractivity contribution in [2.75, 3.05) is 0 Å². The van der Waals surface area contributed by atoms with Gasteiger partial charge in [-0.25, -0.2) is 4.39 Å². The fourth-order valence-electron chi connectivity index (χ4n) is 2.14. The SMILES string of the molecule is CCc1cc(C(=O)Cc2ccccc2F)ccc1C. The molecular formula is C17H17FO. The van der Waals surface area contributed by atoms with Crippen LogP contribution >= 0.6 is 0 Å². The Morgan fingerprint density at radius 2 is 1.84 bits per heavy atom. The minimum Gasteiger partial charge on any atom is -0.294 e. The van der Waals surface area contributed by atoms with Crippen LogP contribution in [0.25, 0.3) is 0 Å². The van der Waals surface area contributed by atoms with Gasteiger partial charge in [0.05, 0.1) is 0 Å². The minimum atomic E-state index is -0.321. The number of aryl methyl sites for hydroxylation is 2. The molecular weight excluding hydrogens is 239 g/mol. The molecule has 0 heterocycles. The van der Waals surface area contributed by atoms with Gasteiger partial charge in [-0.2, -0.15) is 0 Å². The lowest BCUT2D eigenvalue weighted by Crippen LogP contribution is -2.06. The quantitative estimate of drug-likeness (QED) is 0.752. The highest BCUT2D eigenvalue weighted by atomic mass is 19.1. The van der Waals surface area contributed by atoms with Gasteiger partial charge in [-0.15, -0.1) is 0 Å². The lowest BCUT2D eigenvalue weighted by atomic mass is 9.97. The summed E-state index contributed by atoms with van der Waals surface area (Å²) < 4.78 is 13.5. The molecule has 19 heavy (non-hydrogen) atoms. The topological polar surface area (TPSA) is 17.1 Å². The molecule has 0 aliphatic rings. The van der Waals surface area contributed by atoms with E-state index in [1.165, 1.54) is 17.2 Å². The van der Waals surface area contributed by atoms with E-state index in [1.54, 1.807) is 18.2 Å². The first kappa shape index (κ1) is 13.5. The first-order chi connectivity index (χ1) is 9.11. The molecule has 98 valence electrons. The van der Waals surface area contributed by atoms with Crippen molar-refractivity contribution in [1.82, 2.24) is 0 Å². The number of carbonyl (C=O) groups excluding carboxylic acids is 1. The van der Waals surface area contributed by atoms with Gasteiger partial charge in [0, 0.05) is 12.0 Å². The van der Waals surface area contributed by atoms with Gasteiger partial charge in [-0.05, 0) is 42.2 Å². The van der Waals surface area contributed by atoms with Gasteiger partial charge in [0.1, 0.15) is 5.82 Å². The molecule has 0 fully saturated rings. The predicted molar refractivity (Wildman–Crippen MR) is 75.0 cm³/mol. The van der Waals surface area contributed by atoms with Gasteiger partial charge >= 0.3 is 0 Å². The number of ketones is 1. The maximum Gasteiger partial charge on any atom is 0.167 e. The molecule has 2 rings (SSSR count). The zero-order chi connectivity index (χ0) is 13.8. The summed E-state index contributed by atoms with van der Waals surface area (Å²) in [5.41, 5.74) is 3.46. The monoisotopic (exact) mass is 256 g/mol. The molecule has 2 aromatic carbocycles. The third-order valence-electron chi connectivity index (χ3n) is 3.36. The number of rotatable bonds is 4. The van der Waals surface area contributed by atoms with Gasteiger partial charge in [0.2, 0.25) is 0 Å². The minimum absolute atomic E-state index is 0.0419. The van der Waals surface area contributed by atoms with Gasteiger partial charge < -0.3 is 0 Å². The Hall–Kier alpha value is -1.96. The highest BCUT2D eigenvalue weighted by Gasteiger charge is 2.11. The first-order valence-electron chi connectivity index (χ1n) is 6.48. The normalized spacial score (nSPS) is 10.5. The Labute approximate surface area is 113 Å². The first-order valence-corrected chi connectivity index (χ1v) is 6.48. The van der Waals surface area contributed by atoms with E-state index in [4.69, 9.17) is 0 Å². The van der Waals surface area contributed by atoms with Crippen molar-refractivity contribution in [3.8, 4) is 0 Å². The summed E-state index contributed by atoms with van der Waals surface area (Å²) >= 11 is 0. The van der Waals surface area contributed by atoms with Gasteiger partial charge in [-0.3, -0.25) is 4.79 Å². The van der Waals surface area contributed by atoms with Crippen LogP contribution < -0.4 is 0 Å². The molecule has 0 aliphatic heterocycles. The zero-order valence-corrected chi connectivity index (χ0v) is 11.2. The van der Waals surface area contributed by atoms with Crippen molar-refractivity contribution < 1.29 is 9.18 Å². The summed E-state index contributed by atoms with van der Waals surface area (Å²) in [6.45, 7) is 4.09. The van der Waals surface area contributed by atoms with Crippen molar-refractivity contribution in [2.45, 2.75) is 26.7 Å². The summed E-state index contributed by atoms with van der Waals surface area (Å²) in [6, 6.07) is 12.1. The predicted octanol–water partition coefficient (Wildman–Crippen LogP) is 4.12. The fourth-order valence-corrected chi connectivity index (χ4v) is 2.14. The maximum atomic E-state index is 13.5. The van der Waals surface area contributed by atoms with Crippen LogP contribution in [-0.4, -0.2) is 5.78 Å². The largest absolute Gasteiger partial charge is 0.294 e. The van der Waals surface area contributed by atoms with Gasteiger partial charge in [0.15, 0.2) is 5.78 Å². The number of halogens is 1. The Morgan fingerprint density at radius 1 is 1.11 bits per heavy atom. The Morgan fingerprint density at radius 3 is 2.53 bits per heavy atom. The number of hydrogen-bond donors (Lipinski definition) is 0. The third-order valence-corrected chi connectivity index (χ3v) is 3.36. The average Bonchev–Trinajstić information content (AvgIpc) is 2.42. The van der Waals surface area contributed by atoms with E-state index in [2.05, 4.69) is 6.92 Å². The standard InChI is InChI=1S/C17H17FO/c1-3-13-10-15(9-8-12(13)2)17(19)11-14-6-4-5-7-16(14)18/h4-10H,3,11H2,1-2H3. The Balaban J connectivity index is 2.23.